The number of anilines is 2. The van der Waals surface area contributed by atoms with E-state index in [1.54, 1.807) is 23.1 Å². The molecule has 0 aliphatic carbocycles. The van der Waals surface area contributed by atoms with Gasteiger partial charge in [-0.25, -0.2) is 0 Å². The fraction of sp³-hybridized carbons (Fsp3) is 0.391. The quantitative estimate of drug-likeness (QED) is 0.713. The normalized spacial score (nSPS) is 21.2. The third-order valence-corrected chi connectivity index (χ3v) is 6.46. The number of halogens is 2. The number of carbonyl (C=O) groups excluding carboxylic acids is 2. The number of hydrogen-bond donors (Lipinski definition) is 1. The predicted octanol–water partition coefficient (Wildman–Crippen LogP) is 5.08. The largest absolute Gasteiger partial charge is 0.371 e. The van der Waals surface area contributed by atoms with E-state index in [9.17, 15) is 9.59 Å². The molecule has 2 aromatic carbocycles. The third-order valence-electron chi connectivity index (χ3n) is 5.90. The van der Waals surface area contributed by atoms with Gasteiger partial charge in [0.2, 0.25) is 5.91 Å². The molecular formula is C23H25Cl2N3O2. The SMILES string of the molecule is CC1CCN(c2ccc(NC(=O)C3CCCN3C(=O)c3cc(Cl)ccc3Cl)cc2)C1. The van der Waals surface area contributed by atoms with Gasteiger partial charge in [-0.2, -0.15) is 0 Å². The Morgan fingerprint density at radius 3 is 2.50 bits per heavy atom. The van der Waals surface area contributed by atoms with Crippen LogP contribution in [0.5, 0.6) is 0 Å². The van der Waals surface area contributed by atoms with Crippen molar-refractivity contribution in [3.63, 3.8) is 0 Å². The summed E-state index contributed by atoms with van der Waals surface area (Å²) < 4.78 is 0. The highest BCUT2D eigenvalue weighted by Gasteiger charge is 2.35. The Hall–Kier alpha value is -2.24. The number of amides is 2. The molecule has 7 heteroatoms. The molecule has 2 atom stereocenters. The lowest BCUT2D eigenvalue weighted by molar-refractivity contribution is -0.119. The molecule has 0 radical (unpaired) electrons. The number of hydrogen-bond acceptors (Lipinski definition) is 3. The first-order valence-corrected chi connectivity index (χ1v) is 11.1. The fourth-order valence-electron chi connectivity index (χ4n) is 4.25. The summed E-state index contributed by atoms with van der Waals surface area (Å²) in [5.74, 6) is 0.267. The molecule has 2 saturated heterocycles. The van der Waals surface area contributed by atoms with Gasteiger partial charge in [-0.05, 0) is 67.6 Å². The monoisotopic (exact) mass is 445 g/mol. The summed E-state index contributed by atoms with van der Waals surface area (Å²) in [5, 5.41) is 3.74. The molecule has 0 bridgehead atoms. The first kappa shape index (κ1) is 21.0. The lowest BCUT2D eigenvalue weighted by atomic mass is 10.1. The summed E-state index contributed by atoms with van der Waals surface area (Å²) in [4.78, 5) is 29.9. The topological polar surface area (TPSA) is 52.7 Å². The summed E-state index contributed by atoms with van der Waals surface area (Å²) >= 11 is 12.2. The Labute approximate surface area is 186 Å². The van der Waals surface area contributed by atoms with E-state index >= 15 is 0 Å². The average Bonchev–Trinajstić information content (AvgIpc) is 3.39. The second-order valence-corrected chi connectivity index (χ2v) is 9.00. The van der Waals surface area contributed by atoms with Crippen LogP contribution in [0.2, 0.25) is 10.0 Å². The van der Waals surface area contributed by atoms with Crippen LogP contribution in [0.1, 0.15) is 36.5 Å². The molecule has 30 heavy (non-hydrogen) atoms. The van der Waals surface area contributed by atoms with E-state index in [2.05, 4.69) is 17.1 Å². The molecule has 2 heterocycles. The minimum atomic E-state index is -0.522. The van der Waals surface area contributed by atoms with Crippen LogP contribution in [0.15, 0.2) is 42.5 Å². The molecular weight excluding hydrogens is 421 g/mol. The molecule has 5 nitrogen and oxygen atoms in total. The van der Waals surface area contributed by atoms with Gasteiger partial charge in [0.15, 0.2) is 0 Å². The zero-order chi connectivity index (χ0) is 21.3. The van der Waals surface area contributed by atoms with Crippen molar-refractivity contribution >= 4 is 46.4 Å². The highest BCUT2D eigenvalue weighted by molar-refractivity contribution is 6.35. The second kappa shape index (κ2) is 8.86. The van der Waals surface area contributed by atoms with Crippen LogP contribution >= 0.6 is 23.2 Å². The van der Waals surface area contributed by atoms with Crippen molar-refractivity contribution in [3.05, 3.63) is 58.1 Å². The van der Waals surface area contributed by atoms with Crippen molar-refractivity contribution in [2.24, 2.45) is 5.92 Å². The molecule has 2 aliphatic heterocycles. The van der Waals surface area contributed by atoms with Crippen molar-refractivity contribution in [2.45, 2.75) is 32.2 Å². The minimum Gasteiger partial charge on any atom is -0.371 e. The van der Waals surface area contributed by atoms with Gasteiger partial charge in [0.05, 0.1) is 10.6 Å². The minimum absolute atomic E-state index is 0.179. The summed E-state index contributed by atoms with van der Waals surface area (Å²) in [7, 11) is 0. The number of carbonyl (C=O) groups is 2. The van der Waals surface area contributed by atoms with Crippen LogP contribution < -0.4 is 10.2 Å². The Morgan fingerprint density at radius 1 is 1.03 bits per heavy atom. The van der Waals surface area contributed by atoms with Gasteiger partial charge in [0.1, 0.15) is 6.04 Å². The number of benzene rings is 2. The Morgan fingerprint density at radius 2 is 1.80 bits per heavy atom. The lowest BCUT2D eigenvalue weighted by Gasteiger charge is -2.25. The highest BCUT2D eigenvalue weighted by atomic mass is 35.5. The Bertz CT molecular complexity index is 948. The second-order valence-electron chi connectivity index (χ2n) is 8.16. The van der Waals surface area contributed by atoms with Crippen LogP contribution in [0.25, 0.3) is 0 Å². The summed E-state index contributed by atoms with van der Waals surface area (Å²) in [6.07, 6.45) is 2.61. The van der Waals surface area contributed by atoms with Crippen molar-refractivity contribution in [1.82, 2.24) is 4.90 Å². The average molecular weight is 446 g/mol. The third kappa shape index (κ3) is 4.42. The van der Waals surface area contributed by atoms with Gasteiger partial charge in [-0.15, -0.1) is 0 Å². The molecule has 2 aliphatic rings. The van der Waals surface area contributed by atoms with E-state index in [-0.39, 0.29) is 11.8 Å². The molecule has 2 unspecified atom stereocenters. The zero-order valence-electron chi connectivity index (χ0n) is 16.9. The van der Waals surface area contributed by atoms with Gasteiger partial charge >= 0.3 is 0 Å². The van der Waals surface area contributed by atoms with E-state index in [0.717, 1.165) is 25.2 Å². The first-order chi connectivity index (χ1) is 14.4. The standard InChI is InChI=1S/C23H25Cl2N3O2/c1-15-10-12-27(14-15)18-7-5-17(6-8-18)26-22(29)21-3-2-11-28(21)23(30)19-13-16(24)4-9-20(19)25/h4-9,13,15,21H,2-3,10-12,14H2,1H3,(H,26,29). The maximum Gasteiger partial charge on any atom is 0.256 e. The van der Waals surface area contributed by atoms with Crippen molar-refractivity contribution in [1.29, 1.82) is 0 Å². The van der Waals surface area contributed by atoms with E-state index in [0.29, 0.717) is 34.5 Å². The van der Waals surface area contributed by atoms with Crippen LogP contribution in [-0.4, -0.2) is 42.4 Å². The van der Waals surface area contributed by atoms with Crippen LogP contribution in [-0.2, 0) is 4.79 Å². The number of likely N-dealkylation sites (tertiary alicyclic amines) is 1. The van der Waals surface area contributed by atoms with Crippen LogP contribution in [0.3, 0.4) is 0 Å². The number of nitrogens with zero attached hydrogens (tertiary/aromatic N) is 2. The lowest BCUT2D eigenvalue weighted by Crippen LogP contribution is -2.43. The van der Waals surface area contributed by atoms with Crippen LogP contribution in [0.4, 0.5) is 11.4 Å². The van der Waals surface area contributed by atoms with E-state index in [1.165, 1.54) is 12.1 Å². The molecule has 0 saturated carbocycles. The molecule has 1 N–H and O–H groups in total. The highest BCUT2D eigenvalue weighted by Crippen LogP contribution is 2.28. The zero-order valence-corrected chi connectivity index (χ0v) is 18.4. The van der Waals surface area contributed by atoms with Gasteiger partial charge in [-0.1, -0.05) is 30.1 Å². The number of rotatable bonds is 4. The van der Waals surface area contributed by atoms with Gasteiger partial charge < -0.3 is 15.1 Å². The molecule has 0 aromatic heterocycles. The first-order valence-electron chi connectivity index (χ1n) is 10.3. The van der Waals surface area contributed by atoms with Crippen molar-refractivity contribution < 1.29 is 9.59 Å². The van der Waals surface area contributed by atoms with Gasteiger partial charge in [0.25, 0.3) is 5.91 Å². The van der Waals surface area contributed by atoms with Crippen molar-refractivity contribution in [2.75, 3.05) is 29.9 Å². The molecule has 2 aromatic rings. The van der Waals surface area contributed by atoms with Crippen LogP contribution in [0, 0.1) is 5.92 Å². The maximum atomic E-state index is 13.0. The Balaban J connectivity index is 1.43. The van der Waals surface area contributed by atoms with Gasteiger partial charge in [0, 0.05) is 36.0 Å². The molecule has 0 spiro atoms. The maximum absolute atomic E-state index is 13.0. The smallest absolute Gasteiger partial charge is 0.256 e. The fourth-order valence-corrected chi connectivity index (χ4v) is 4.62. The van der Waals surface area contributed by atoms with E-state index < -0.39 is 6.04 Å². The van der Waals surface area contributed by atoms with Crippen molar-refractivity contribution in [3.8, 4) is 0 Å². The number of nitrogens with one attached hydrogen (secondary N) is 1. The van der Waals surface area contributed by atoms with E-state index in [1.807, 2.05) is 24.3 Å². The molecule has 2 fully saturated rings. The van der Waals surface area contributed by atoms with E-state index in [4.69, 9.17) is 23.2 Å². The molecule has 158 valence electrons. The molecule has 4 rings (SSSR count). The molecule has 2 amide bonds. The van der Waals surface area contributed by atoms with Gasteiger partial charge in [-0.3, -0.25) is 9.59 Å². The Kier molecular flexibility index (Phi) is 6.21. The summed E-state index contributed by atoms with van der Waals surface area (Å²) in [6, 6.07) is 12.2. The summed E-state index contributed by atoms with van der Waals surface area (Å²) in [5.41, 5.74) is 2.23. The summed E-state index contributed by atoms with van der Waals surface area (Å²) in [6.45, 7) is 4.92. The predicted molar refractivity (Wildman–Crippen MR) is 122 cm³/mol.